The van der Waals surface area contributed by atoms with Crippen LogP contribution in [0.15, 0.2) is 78.9 Å². The third kappa shape index (κ3) is 4.49. The summed E-state index contributed by atoms with van der Waals surface area (Å²) in [7, 11) is 0. The molecule has 0 aromatic heterocycles. The number of Topliss-reactive ketones (excluding diaryl/α,β-unsaturated/α-hetero) is 1. The van der Waals surface area contributed by atoms with E-state index in [4.69, 9.17) is 21.1 Å². The van der Waals surface area contributed by atoms with E-state index in [1.807, 2.05) is 0 Å². The Balaban J connectivity index is 0.999. The zero-order valence-corrected chi connectivity index (χ0v) is 23.2. The summed E-state index contributed by atoms with van der Waals surface area (Å²) in [5, 5.41) is 11.3. The van der Waals surface area contributed by atoms with Crippen molar-refractivity contribution in [2.75, 3.05) is 11.5 Å². The third-order valence-electron chi connectivity index (χ3n) is 8.88. The van der Waals surface area contributed by atoms with E-state index in [1.165, 1.54) is 59.5 Å². The monoisotopic (exact) mass is 598 g/mol. The highest BCUT2D eigenvalue weighted by atomic mass is 35.5. The van der Waals surface area contributed by atoms with E-state index in [0.29, 0.717) is 17.5 Å². The molecule has 0 N–H and O–H groups in total. The van der Waals surface area contributed by atoms with Gasteiger partial charge in [-0.05, 0) is 78.6 Å². The first-order valence-corrected chi connectivity index (χ1v) is 14.2. The first kappa shape index (κ1) is 27.0. The van der Waals surface area contributed by atoms with Crippen LogP contribution in [-0.2, 0) is 14.3 Å². The second-order valence-electron chi connectivity index (χ2n) is 11.2. The number of hydrogen-bond donors (Lipinski definition) is 0. The fraction of sp³-hybridized carbons (Fsp3) is 0.250. The fourth-order valence-corrected chi connectivity index (χ4v) is 7.06. The van der Waals surface area contributed by atoms with Crippen LogP contribution in [-0.4, -0.2) is 35.1 Å². The van der Waals surface area contributed by atoms with Gasteiger partial charge in [-0.1, -0.05) is 35.9 Å². The minimum absolute atomic E-state index is 0.0581. The van der Waals surface area contributed by atoms with Crippen molar-refractivity contribution >= 4 is 46.5 Å². The van der Waals surface area contributed by atoms with Crippen LogP contribution in [0.25, 0.3) is 0 Å². The van der Waals surface area contributed by atoms with Crippen LogP contribution in [0.4, 0.5) is 11.4 Å². The highest BCUT2D eigenvalue weighted by Gasteiger charge is 2.67. The molecule has 3 aromatic carbocycles. The van der Waals surface area contributed by atoms with Crippen LogP contribution < -0.4 is 9.64 Å². The summed E-state index contributed by atoms with van der Waals surface area (Å²) in [5.41, 5.74) is 0.336. The standard InChI is InChI=1S/C32H23ClN2O8/c33-24-5-2-6-25(35(40)41)29(24)43-19-9-7-16(8-10-19)26(36)15-42-32(39)17-3-1-4-18(13-17)34-30(37)27-20-11-12-21(23-14-22(20)23)28(27)31(34)38/h1-13,20-23,27-28H,14-15H2/t20-,21-,22-,23+,27+,28+/m0/s1. The second-order valence-corrected chi connectivity index (χ2v) is 11.6. The number of ketones is 1. The molecule has 1 aliphatic heterocycles. The molecule has 3 fully saturated rings. The summed E-state index contributed by atoms with van der Waals surface area (Å²) >= 11 is 6.07. The van der Waals surface area contributed by atoms with E-state index in [9.17, 15) is 29.3 Å². The van der Waals surface area contributed by atoms with Crippen molar-refractivity contribution in [2.24, 2.45) is 35.5 Å². The number of anilines is 1. The zero-order valence-electron chi connectivity index (χ0n) is 22.4. The largest absolute Gasteiger partial charge is 0.454 e. The molecule has 6 atom stereocenters. The lowest BCUT2D eigenvalue weighted by Gasteiger charge is -2.37. The number of esters is 1. The van der Waals surface area contributed by atoms with Crippen molar-refractivity contribution in [3.8, 4) is 11.5 Å². The number of imide groups is 1. The summed E-state index contributed by atoms with van der Waals surface area (Å²) in [5.74, 6) is -1.17. The van der Waals surface area contributed by atoms with Crippen LogP contribution in [0.3, 0.4) is 0 Å². The van der Waals surface area contributed by atoms with Gasteiger partial charge in [-0.15, -0.1) is 0 Å². The number of hydrogen-bond acceptors (Lipinski definition) is 8. The number of nitro groups is 1. The minimum Gasteiger partial charge on any atom is -0.454 e. The normalized spacial score (nSPS) is 26.1. The van der Waals surface area contributed by atoms with E-state index in [-0.39, 0.29) is 68.8 Å². The van der Waals surface area contributed by atoms with Crippen LogP contribution in [0.1, 0.15) is 27.1 Å². The van der Waals surface area contributed by atoms with Crippen LogP contribution in [0.2, 0.25) is 5.02 Å². The molecule has 11 heteroatoms. The highest BCUT2D eigenvalue weighted by Crippen LogP contribution is 2.65. The molecule has 1 saturated heterocycles. The van der Waals surface area contributed by atoms with E-state index < -0.39 is 23.3 Å². The molecule has 2 amide bonds. The molecular formula is C32H23ClN2O8. The molecule has 8 rings (SSSR count). The quantitative estimate of drug-likeness (QED) is 0.0812. The van der Waals surface area contributed by atoms with E-state index >= 15 is 0 Å². The van der Waals surface area contributed by atoms with Gasteiger partial charge < -0.3 is 9.47 Å². The molecular weight excluding hydrogens is 576 g/mol. The summed E-state index contributed by atoms with van der Waals surface area (Å²) < 4.78 is 10.8. The lowest BCUT2D eigenvalue weighted by Crippen LogP contribution is -2.40. The van der Waals surface area contributed by atoms with E-state index in [0.717, 1.165) is 6.42 Å². The maximum Gasteiger partial charge on any atom is 0.338 e. The number of para-hydroxylation sites is 1. The Kier molecular flexibility index (Phi) is 6.39. The molecule has 43 heavy (non-hydrogen) atoms. The van der Waals surface area contributed by atoms with Crippen molar-refractivity contribution in [2.45, 2.75) is 6.42 Å². The maximum atomic E-state index is 13.4. The number of halogens is 1. The molecule has 2 saturated carbocycles. The predicted molar refractivity (Wildman–Crippen MR) is 153 cm³/mol. The predicted octanol–water partition coefficient (Wildman–Crippen LogP) is 5.64. The van der Waals surface area contributed by atoms with Crippen molar-refractivity contribution in [3.63, 3.8) is 0 Å². The number of benzene rings is 3. The smallest absolute Gasteiger partial charge is 0.338 e. The Bertz CT molecular complexity index is 1720. The number of carbonyl (C=O) groups is 4. The van der Waals surface area contributed by atoms with Gasteiger partial charge in [0.2, 0.25) is 17.6 Å². The van der Waals surface area contributed by atoms with Crippen molar-refractivity contribution in [1.82, 2.24) is 0 Å². The van der Waals surface area contributed by atoms with Crippen molar-refractivity contribution in [3.05, 3.63) is 105 Å². The third-order valence-corrected chi connectivity index (χ3v) is 9.17. The van der Waals surface area contributed by atoms with Crippen LogP contribution >= 0.6 is 11.6 Å². The van der Waals surface area contributed by atoms with E-state index in [1.54, 1.807) is 12.1 Å². The lowest BCUT2D eigenvalue weighted by atomic mass is 9.63. The Morgan fingerprint density at radius 3 is 2.21 bits per heavy atom. The average Bonchev–Trinajstić information content (AvgIpc) is 3.79. The average molecular weight is 599 g/mol. The number of amides is 2. The van der Waals surface area contributed by atoms with Gasteiger partial charge in [-0.2, -0.15) is 0 Å². The van der Waals surface area contributed by atoms with E-state index in [2.05, 4.69) is 12.2 Å². The first-order valence-electron chi connectivity index (χ1n) is 13.8. The topological polar surface area (TPSA) is 133 Å². The molecule has 0 spiro atoms. The Morgan fingerprint density at radius 1 is 0.907 bits per heavy atom. The molecule has 1 heterocycles. The summed E-state index contributed by atoms with van der Waals surface area (Å²) in [6.45, 7) is -0.553. The zero-order chi connectivity index (χ0) is 30.0. The van der Waals surface area contributed by atoms with Gasteiger partial charge in [0, 0.05) is 11.6 Å². The molecule has 216 valence electrons. The molecule has 5 aliphatic rings. The molecule has 2 bridgehead atoms. The Morgan fingerprint density at radius 2 is 1.56 bits per heavy atom. The molecule has 0 unspecified atom stereocenters. The number of nitrogens with zero attached hydrogens (tertiary/aromatic N) is 2. The molecule has 3 aromatic rings. The number of carbonyl (C=O) groups excluding carboxylic acids is 4. The number of allylic oxidation sites excluding steroid dienone is 2. The van der Waals surface area contributed by atoms with Gasteiger partial charge in [0.05, 0.1) is 33.0 Å². The van der Waals surface area contributed by atoms with Crippen LogP contribution in [0, 0.1) is 45.6 Å². The van der Waals surface area contributed by atoms with Crippen LogP contribution in [0.5, 0.6) is 11.5 Å². The first-order chi connectivity index (χ1) is 20.7. The number of rotatable bonds is 8. The van der Waals surface area contributed by atoms with Gasteiger partial charge in [-0.3, -0.25) is 24.5 Å². The van der Waals surface area contributed by atoms with Gasteiger partial charge in [0.1, 0.15) is 5.75 Å². The maximum absolute atomic E-state index is 13.4. The second kappa shape index (κ2) is 10.2. The summed E-state index contributed by atoms with van der Waals surface area (Å²) in [6, 6.07) is 16.0. The molecule has 10 nitrogen and oxygen atoms in total. The van der Waals surface area contributed by atoms with Gasteiger partial charge in [0.15, 0.2) is 12.4 Å². The van der Waals surface area contributed by atoms with Crippen molar-refractivity contribution in [1.29, 1.82) is 0 Å². The lowest BCUT2D eigenvalue weighted by molar-refractivity contribution is -0.385. The number of nitro benzene ring substituents is 1. The highest BCUT2D eigenvalue weighted by molar-refractivity contribution is 6.32. The molecule has 0 radical (unpaired) electrons. The van der Waals surface area contributed by atoms with Gasteiger partial charge >= 0.3 is 11.7 Å². The van der Waals surface area contributed by atoms with Gasteiger partial charge in [0.25, 0.3) is 0 Å². The SMILES string of the molecule is O=C(COC(=O)c1cccc(N2C(=O)[C@@H]3[C@H]4C=C[C@@H]([C@@H]5C[C@H]45)[C@H]3C2=O)c1)c1ccc(Oc2c(Cl)cccc2[N+](=O)[O-])cc1. The van der Waals surface area contributed by atoms with Crippen molar-refractivity contribution < 1.29 is 33.6 Å². The number of ether oxygens (including phenoxy) is 2. The molecule has 4 aliphatic carbocycles. The summed E-state index contributed by atoms with van der Waals surface area (Å²) in [6.07, 6.45) is 5.28. The van der Waals surface area contributed by atoms with Gasteiger partial charge in [-0.25, -0.2) is 9.69 Å². The Labute approximate surface area is 250 Å². The Hall–Kier alpha value is -4.83. The summed E-state index contributed by atoms with van der Waals surface area (Å²) in [4.78, 5) is 64.3. The minimum atomic E-state index is -0.777. The fourth-order valence-electron chi connectivity index (χ4n) is 6.85.